The van der Waals surface area contributed by atoms with Crippen molar-refractivity contribution in [1.29, 1.82) is 0 Å². The molecule has 1 saturated heterocycles. The molecule has 1 fully saturated rings. The fourth-order valence-electron chi connectivity index (χ4n) is 3.27. The first-order chi connectivity index (χ1) is 12.1. The van der Waals surface area contributed by atoms with Crippen LogP contribution in [0, 0.1) is 13.8 Å². The van der Waals surface area contributed by atoms with E-state index in [1.54, 1.807) is 0 Å². The van der Waals surface area contributed by atoms with Gasteiger partial charge < -0.3 is 15.5 Å². The van der Waals surface area contributed by atoms with Crippen molar-refractivity contribution in [2.75, 3.05) is 32.7 Å². The number of carbonyl (C=O) groups excluding carboxylic acids is 1. The Labute approximate surface area is 175 Å². The van der Waals surface area contributed by atoms with Crippen molar-refractivity contribution in [3.63, 3.8) is 0 Å². The number of carbonyl (C=O) groups is 1. The number of nitrogens with one attached hydrogen (secondary N) is 2. The molecular formula is C20H33IN4O. The molecule has 1 aliphatic rings. The van der Waals surface area contributed by atoms with E-state index in [9.17, 15) is 4.79 Å². The van der Waals surface area contributed by atoms with Crippen LogP contribution in [0.4, 0.5) is 0 Å². The van der Waals surface area contributed by atoms with Gasteiger partial charge in [0.15, 0.2) is 5.96 Å². The first kappa shape index (κ1) is 22.7. The summed E-state index contributed by atoms with van der Waals surface area (Å²) < 4.78 is 0. The second kappa shape index (κ2) is 12.1. The first-order valence-electron chi connectivity index (χ1n) is 9.45. The van der Waals surface area contributed by atoms with Crippen LogP contribution in [-0.4, -0.2) is 49.5 Å². The molecule has 0 bridgehead atoms. The zero-order chi connectivity index (χ0) is 18.1. The number of aryl methyl sites for hydroxylation is 2. The van der Waals surface area contributed by atoms with Gasteiger partial charge in [0.25, 0.3) is 0 Å². The van der Waals surface area contributed by atoms with E-state index in [2.05, 4.69) is 54.6 Å². The molecule has 5 nitrogen and oxygen atoms in total. The van der Waals surface area contributed by atoms with Gasteiger partial charge in [0.2, 0.25) is 5.91 Å². The van der Waals surface area contributed by atoms with Crippen LogP contribution in [0.5, 0.6) is 0 Å². The smallest absolute Gasteiger partial charge is 0.224 e. The summed E-state index contributed by atoms with van der Waals surface area (Å²) >= 11 is 0. The van der Waals surface area contributed by atoms with Crippen LogP contribution < -0.4 is 10.6 Å². The largest absolute Gasteiger partial charge is 0.357 e. The van der Waals surface area contributed by atoms with E-state index in [4.69, 9.17) is 0 Å². The summed E-state index contributed by atoms with van der Waals surface area (Å²) in [5.74, 6) is 1.02. The quantitative estimate of drug-likeness (QED) is 0.365. The average Bonchev–Trinajstić information content (AvgIpc) is 3.08. The van der Waals surface area contributed by atoms with Crippen molar-refractivity contribution in [3.8, 4) is 0 Å². The second-order valence-electron chi connectivity index (χ2n) is 6.77. The normalized spacial score (nSPS) is 14.1. The van der Waals surface area contributed by atoms with E-state index in [0.717, 1.165) is 51.4 Å². The Bertz CT molecular complexity index is 577. The SMILES string of the molecule is CCNC(=NCCC(=O)N1CCCC1)NCCc1cc(C)cc(C)c1.I. The lowest BCUT2D eigenvalue weighted by atomic mass is 10.1. The maximum Gasteiger partial charge on any atom is 0.224 e. The fourth-order valence-corrected chi connectivity index (χ4v) is 3.27. The van der Waals surface area contributed by atoms with Gasteiger partial charge in [0, 0.05) is 32.6 Å². The number of benzene rings is 1. The lowest BCUT2D eigenvalue weighted by Gasteiger charge is -2.15. The van der Waals surface area contributed by atoms with Crippen molar-refractivity contribution in [3.05, 3.63) is 34.9 Å². The summed E-state index contributed by atoms with van der Waals surface area (Å²) in [4.78, 5) is 18.6. The molecule has 26 heavy (non-hydrogen) atoms. The minimum Gasteiger partial charge on any atom is -0.357 e. The molecule has 1 aliphatic heterocycles. The van der Waals surface area contributed by atoms with E-state index in [-0.39, 0.29) is 29.9 Å². The van der Waals surface area contributed by atoms with E-state index >= 15 is 0 Å². The van der Waals surface area contributed by atoms with Gasteiger partial charge in [0.05, 0.1) is 6.54 Å². The number of guanidine groups is 1. The number of likely N-dealkylation sites (tertiary alicyclic amines) is 1. The summed E-state index contributed by atoms with van der Waals surface area (Å²) in [7, 11) is 0. The number of rotatable bonds is 7. The Balaban J connectivity index is 0.00000338. The third kappa shape index (κ3) is 7.93. The highest BCUT2D eigenvalue weighted by Crippen LogP contribution is 2.09. The van der Waals surface area contributed by atoms with Crippen molar-refractivity contribution in [2.45, 2.75) is 46.5 Å². The molecule has 0 saturated carbocycles. The highest BCUT2D eigenvalue weighted by Gasteiger charge is 2.16. The topological polar surface area (TPSA) is 56.7 Å². The molecule has 2 rings (SSSR count). The monoisotopic (exact) mass is 472 g/mol. The third-order valence-electron chi connectivity index (χ3n) is 4.39. The van der Waals surface area contributed by atoms with Gasteiger partial charge in [-0.15, -0.1) is 24.0 Å². The Kier molecular flexibility index (Phi) is 10.6. The number of hydrogen-bond acceptors (Lipinski definition) is 2. The Morgan fingerprint density at radius 2 is 1.77 bits per heavy atom. The van der Waals surface area contributed by atoms with E-state index < -0.39 is 0 Å². The maximum absolute atomic E-state index is 12.1. The molecule has 1 amide bonds. The summed E-state index contributed by atoms with van der Waals surface area (Å²) in [6.45, 7) is 10.3. The summed E-state index contributed by atoms with van der Waals surface area (Å²) in [6, 6.07) is 6.65. The Morgan fingerprint density at radius 1 is 1.12 bits per heavy atom. The summed E-state index contributed by atoms with van der Waals surface area (Å²) in [5.41, 5.74) is 3.94. The zero-order valence-corrected chi connectivity index (χ0v) is 18.6. The van der Waals surface area contributed by atoms with Crippen molar-refractivity contribution in [1.82, 2.24) is 15.5 Å². The van der Waals surface area contributed by atoms with Gasteiger partial charge in [-0.1, -0.05) is 29.3 Å². The summed E-state index contributed by atoms with van der Waals surface area (Å²) in [6.07, 6.45) is 3.72. The molecule has 146 valence electrons. The molecule has 0 atom stereocenters. The molecule has 0 aromatic heterocycles. The van der Waals surface area contributed by atoms with Gasteiger partial charge in [0.1, 0.15) is 0 Å². The van der Waals surface area contributed by atoms with E-state index in [1.807, 2.05) is 4.90 Å². The first-order valence-corrected chi connectivity index (χ1v) is 9.45. The van der Waals surface area contributed by atoms with E-state index in [0.29, 0.717) is 13.0 Å². The highest BCUT2D eigenvalue weighted by atomic mass is 127. The third-order valence-corrected chi connectivity index (χ3v) is 4.39. The van der Waals surface area contributed by atoms with Crippen molar-refractivity contribution < 1.29 is 4.79 Å². The van der Waals surface area contributed by atoms with Crippen LogP contribution in [0.15, 0.2) is 23.2 Å². The van der Waals surface area contributed by atoms with Gasteiger partial charge >= 0.3 is 0 Å². The average molecular weight is 472 g/mol. The van der Waals surface area contributed by atoms with Gasteiger partial charge in [-0.25, -0.2) is 0 Å². The van der Waals surface area contributed by atoms with Crippen LogP contribution in [-0.2, 0) is 11.2 Å². The lowest BCUT2D eigenvalue weighted by Crippen LogP contribution is -2.38. The van der Waals surface area contributed by atoms with Crippen LogP contribution in [0.1, 0.15) is 42.9 Å². The van der Waals surface area contributed by atoms with Gasteiger partial charge in [-0.3, -0.25) is 9.79 Å². The minimum absolute atomic E-state index is 0. The number of aliphatic imine (C=N–C) groups is 1. The van der Waals surface area contributed by atoms with Crippen LogP contribution >= 0.6 is 24.0 Å². The van der Waals surface area contributed by atoms with Crippen LogP contribution in [0.3, 0.4) is 0 Å². The minimum atomic E-state index is 0. The predicted molar refractivity (Wildman–Crippen MR) is 119 cm³/mol. The van der Waals surface area contributed by atoms with Crippen molar-refractivity contribution >= 4 is 35.8 Å². The van der Waals surface area contributed by atoms with Crippen LogP contribution in [0.2, 0.25) is 0 Å². The molecule has 1 aromatic carbocycles. The lowest BCUT2D eigenvalue weighted by molar-refractivity contribution is -0.129. The Hall–Kier alpha value is -1.31. The second-order valence-corrected chi connectivity index (χ2v) is 6.77. The number of halogens is 1. The van der Waals surface area contributed by atoms with E-state index in [1.165, 1.54) is 16.7 Å². The molecule has 0 spiro atoms. The van der Waals surface area contributed by atoms with Gasteiger partial charge in [-0.2, -0.15) is 0 Å². The molecule has 2 N–H and O–H groups in total. The number of amides is 1. The maximum atomic E-state index is 12.1. The molecule has 6 heteroatoms. The molecule has 1 heterocycles. The predicted octanol–water partition coefficient (Wildman–Crippen LogP) is 3.03. The zero-order valence-electron chi connectivity index (χ0n) is 16.3. The molecule has 0 aliphatic carbocycles. The standard InChI is InChI=1S/C20H32N4O.HI/c1-4-21-20(23-10-8-19(25)24-11-5-6-12-24)22-9-7-18-14-16(2)13-17(3)15-18;/h13-15H,4-12H2,1-3H3,(H2,21,22,23);1H. The van der Waals surface area contributed by atoms with Gasteiger partial charge in [-0.05, 0) is 45.6 Å². The Morgan fingerprint density at radius 3 is 2.38 bits per heavy atom. The fraction of sp³-hybridized carbons (Fsp3) is 0.600. The molecule has 0 unspecified atom stereocenters. The van der Waals surface area contributed by atoms with Crippen LogP contribution in [0.25, 0.3) is 0 Å². The molecule has 1 aromatic rings. The molecule has 0 radical (unpaired) electrons. The summed E-state index contributed by atoms with van der Waals surface area (Å²) in [5, 5.41) is 6.61. The molecular weight excluding hydrogens is 439 g/mol. The highest BCUT2D eigenvalue weighted by molar-refractivity contribution is 14.0. The number of nitrogens with zero attached hydrogens (tertiary/aromatic N) is 2. The van der Waals surface area contributed by atoms with Crippen molar-refractivity contribution in [2.24, 2.45) is 4.99 Å². The number of hydrogen-bond donors (Lipinski definition) is 2.